The lowest BCUT2D eigenvalue weighted by Crippen LogP contribution is -2.32. The maximum Gasteiger partial charge on any atom is 0.309 e. The van der Waals surface area contributed by atoms with Crippen molar-refractivity contribution in [2.75, 3.05) is 13.7 Å². The third-order valence-electron chi connectivity index (χ3n) is 2.55. The second-order valence-corrected chi connectivity index (χ2v) is 4.87. The molecule has 3 nitrogen and oxygen atoms in total. The second kappa shape index (κ2) is 7.31. The van der Waals surface area contributed by atoms with E-state index in [1.54, 1.807) is 18.2 Å². The van der Waals surface area contributed by atoms with E-state index in [9.17, 15) is 5.11 Å². The van der Waals surface area contributed by atoms with Crippen LogP contribution in [0.5, 0.6) is 0 Å². The average molecular weight is 293 g/mol. The molecule has 0 saturated heterocycles. The fourth-order valence-corrected chi connectivity index (χ4v) is 2.08. The highest BCUT2D eigenvalue weighted by atomic mass is 35.5. The molecule has 102 valence electrons. The van der Waals surface area contributed by atoms with E-state index < -0.39 is 5.97 Å². The number of hydrogen-bond acceptors (Lipinski definition) is 3. The SMILES string of the molecule is CCCCCOC(O)(OC)c1cc(Cl)cc(Cl)c1. The number of unbranched alkanes of at least 4 members (excludes halogenated alkanes) is 2. The van der Waals surface area contributed by atoms with E-state index in [0.717, 1.165) is 19.3 Å². The summed E-state index contributed by atoms with van der Waals surface area (Å²) >= 11 is 11.8. The molecule has 0 aliphatic heterocycles. The van der Waals surface area contributed by atoms with Gasteiger partial charge < -0.3 is 14.6 Å². The minimum atomic E-state index is -1.80. The topological polar surface area (TPSA) is 38.7 Å². The van der Waals surface area contributed by atoms with Crippen molar-refractivity contribution in [2.24, 2.45) is 0 Å². The molecule has 0 radical (unpaired) electrons. The van der Waals surface area contributed by atoms with Gasteiger partial charge in [-0.1, -0.05) is 43.0 Å². The van der Waals surface area contributed by atoms with Crippen LogP contribution >= 0.6 is 23.2 Å². The molecule has 1 rings (SSSR count). The Hall–Kier alpha value is -0.320. The van der Waals surface area contributed by atoms with E-state index >= 15 is 0 Å². The summed E-state index contributed by atoms with van der Waals surface area (Å²) in [5.41, 5.74) is 0.388. The summed E-state index contributed by atoms with van der Waals surface area (Å²) < 4.78 is 10.4. The van der Waals surface area contributed by atoms with Gasteiger partial charge in [0.1, 0.15) is 0 Å². The van der Waals surface area contributed by atoms with E-state index in [1.807, 2.05) is 0 Å². The molecule has 0 amide bonds. The predicted octanol–water partition coefficient (Wildman–Crippen LogP) is 3.95. The molecule has 0 aliphatic rings. The van der Waals surface area contributed by atoms with Crippen molar-refractivity contribution in [2.45, 2.75) is 32.2 Å². The van der Waals surface area contributed by atoms with Crippen molar-refractivity contribution < 1.29 is 14.6 Å². The molecule has 18 heavy (non-hydrogen) atoms. The fraction of sp³-hybridized carbons (Fsp3) is 0.538. The lowest BCUT2D eigenvalue weighted by molar-refractivity contribution is -0.363. The Morgan fingerprint density at radius 3 is 2.28 bits per heavy atom. The summed E-state index contributed by atoms with van der Waals surface area (Å²) in [7, 11) is 1.37. The zero-order valence-electron chi connectivity index (χ0n) is 10.6. The smallest absolute Gasteiger partial charge is 0.309 e. The highest BCUT2D eigenvalue weighted by Crippen LogP contribution is 2.29. The fourth-order valence-electron chi connectivity index (χ4n) is 1.56. The van der Waals surface area contributed by atoms with Crippen LogP contribution in [0.15, 0.2) is 18.2 Å². The van der Waals surface area contributed by atoms with Crippen molar-refractivity contribution in [1.82, 2.24) is 0 Å². The minimum absolute atomic E-state index is 0.388. The van der Waals surface area contributed by atoms with Gasteiger partial charge in [0.2, 0.25) is 0 Å². The zero-order chi connectivity index (χ0) is 13.6. The number of rotatable bonds is 7. The molecule has 0 bridgehead atoms. The molecule has 1 unspecified atom stereocenters. The standard InChI is InChI=1S/C13H18Cl2O3/c1-3-4-5-6-18-13(16,17-2)10-7-11(14)9-12(15)8-10/h7-9,16H,3-6H2,1-2H3. The first-order valence-corrected chi connectivity index (χ1v) is 6.65. The van der Waals surface area contributed by atoms with E-state index in [1.165, 1.54) is 7.11 Å². The van der Waals surface area contributed by atoms with Crippen molar-refractivity contribution in [3.8, 4) is 0 Å². The monoisotopic (exact) mass is 292 g/mol. The van der Waals surface area contributed by atoms with Crippen molar-refractivity contribution in [3.63, 3.8) is 0 Å². The zero-order valence-corrected chi connectivity index (χ0v) is 12.1. The molecule has 1 aromatic carbocycles. The van der Waals surface area contributed by atoms with E-state index in [4.69, 9.17) is 32.7 Å². The Labute approximate surface area is 118 Å². The lowest BCUT2D eigenvalue weighted by Gasteiger charge is -2.26. The average Bonchev–Trinajstić information content (AvgIpc) is 2.33. The first-order chi connectivity index (χ1) is 8.51. The van der Waals surface area contributed by atoms with Gasteiger partial charge in [-0.25, -0.2) is 0 Å². The minimum Gasteiger partial charge on any atom is -0.339 e. The normalized spacial score (nSPS) is 14.5. The van der Waals surface area contributed by atoms with Gasteiger partial charge in [0, 0.05) is 22.7 Å². The summed E-state index contributed by atoms with van der Waals surface area (Å²) in [5.74, 6) is -1.80. The summed E-state index contributed by atoms with van der Waals surface area (Å²) in [4.78, 5) is 0. The van der Waals surface area contributed by atoms with E-state index in [0.29, 0.717) is 22.2 Å². The van der Waals surface area contributed by atoms with Gasteiger partial charge in [-0.2, -0.15) is 0 Å². The van der Waals surface area contributed by atoms with Crippen LogP contribution < -0.4 is 0 Å². The highest BCUT2D eigenvalue weighted by molar-refractivity contribution is 6.34. The summed E-state index contributed by atoms with van der Waals surface area (Å²) in [6, 6.07) is 4.72. The number of benzene rings is 1. The van der Waals surface area contributed by atoms with Gasteiger partial charge >= 0.3 is 5.97 Å². The Kier molecular flexibility index (Phi) is 6.39. The van der Waals surface area contributed by atoms with Gasteiger partial charge in [-0.15, -0.1) is 0 Å². The predicted molar refractivity (Wildman–Crippen MR) is 72.8 cm³/mol. The van der Waals surface area contributed by atoms with Crippen LogP contribution in [0.1, 0.15) is 31.7 Å². The number of methoxy groups -OCH3 is 1. The van der Waals surface area contributed by atoms with Crippen LogP contribution in [0.2, 0.25) is 10.0 Å². The number of halogens is 2. The summed E-state index contributed by atoms with van der Waals surface area (Å²) in [5, 5.41) is 11.1. The molecule has 1 atom stereocenters. The molecule has 5 heteroatoms. The highest BCUT2D eigenvalue weighted by Gasteiger charge is 2.31. The third-order valence-corrected chi connectivity index (χ3v) is 2.99. The van der Waals surface area contributed by atoms with Crippen molar-refractivity contribution >= 4 is 23.2 Å². The van der Waals surface area contributed by atoms with E-state index in [-0.39, 0.29) is 0 Å². The van der Waals surface area contributed by atoms with Gasteiger partial charge in [0.25, 0.3) is 0 Å². The molecule has 1 N–H and O–H groups in total. The lowest BCUT2D eigenvalue weighted by atomic mass is 10.2. The maximum absolute atomic E-state index is 10.3. The molecule has 0 fully saturated rings. The van der Waals surface area contributed by atoms with Gasteiger partial charge in [0.15, 0.2) is 0 Å². The van der Waals surface area contributed by atoms with Crippen molar-refractivity contribution in [3.05, 3.63) is 33.8 Å². The van der Waals surface area contributed by atoms with Crippen molar-refractivity contribution in [1.29, 1.82) is 0 Å². The summed E-state index contributed by atoms with van der Waals surface area (Å²) in [6.45, 7) is 2.50. The van der Waals surface area contributed by atoms with Crippen LogP contribution in [-0.4, -0.2) is 18.8 Å². The Morgan fingerprint density at radius 1 is 1.17 bits per heavy atom. The first kappa shape index (κ1) is 15.7. The van der Waals surface area contributed by atoms with E-state index in [2.05, 4.69) is 6.92 Å². The Bertz CT molecular complexity index is 364. The molecular weight excluding hydrogens is 275 g/mol. The molecule has 0 aromatic heterocycles. The largest absolute Gasteiger partial charge is 0.339 e. The molecule has 1 aromatic rings. The first-order valence-electron chi connectivity index (χ1n) is 5.90. The van der Waals surface area contributed by atoms with Crippen LogP contribution in [0.3, 0.4) is 0 Å². The Morgan fingerprint density at radius 2 is 1.78 bits per heavy atom. The van der Waals surface area contributed by atoms with Crippen LogP contribution in [-0.2, 0) is 15.4 Å². The maximum atomic E-state index is 10.3. The number of hydrogen-bond donors (Lipinski definition) is 1. The molecule has 0 spiro atoms. The van der Waals surface area contributed by atoms with Crippen LogP contribution in [0, 0.1) is 0 Å². The third kappa shape index (κ3) is 4.41. The van der Waals surface area contributed by atoms with Gasteiger partial charge in [0.05, 0.1) is 6.61 Å². The summed E-state index contributed by atoms with van der Waals surface area (Å²) in [6.07, 6.45) is 2.98. The van der Waals surface area contributed by atoms with Crippen LogP contribution in [0.25, 0.3) is 0 Å². The number of ether oxygens (including phenoxy) is 2. The molecule has 0 heterocycles. The number of aliphatic hydroxyl groups is 1. The quantitative estimate of drug-likeness (QED) is 0.611. The van der Waals surface area contributed by atoms with Gasteiger partial charge in [-0.3, -0.25) is 0 Å². The Balaban J connectivity index is 2.78. The van der Waals surface area contributed by atoms with Gasteiger partial charge in [-0.05, 0) is 24.6 Å². The molecular formula is C13H18Cl2O3. The molecule has 0 saturated carbocycles. The second-order valence-electron chi connectivity index (χ2n) is 4.00. The molecule has 0 aliphatic carbocycles. The van der Waals surface area contributed by atoms with Crippen LogP contribution in [0.4, 0.5) is 0 Å².